The number of amides is 1. The summed E-state index contributed by atoms with van der Waals surface area (Å²) in [4.78, 5) is 11.9. The van der Waals surface area contributed by atoms with Gasteiger partial charge in [-0.25, -0.2) is 13.1 Å². The molecule has 0 aliphatic rings. The van der Waals surface area contributed by atoms with Crippen LogP contribution in [0.3, 0.4) is 0 Å². The molecule has 2 aromatic carbocycles. The van der Waals surface area contributed by atoms with Crippen LogP contribution >= 0.6 is 34.2 Å². The van der Waals surface area contributed by atoms with Crippen LogP contribution < -0.4 is 4.72 Å². The molecule has 20 heavy (non-hydrogen) atoms. The lowest BCUT2D eigenvalue weighted by atomic mass is 10.2. The highest BCUT2D eigenvalue weighted by molar-refractivity contribution is 14.1. The van der Waals surface area contributed by atoms with Gasteiger partial charge in [-0.05, 0) is 71.1 Å². The van der Waals surface area contributed by atoms with E-state index in [2.05, 4.69) is 22.6 Å². The lowest BCUT2D eigenvalue weighted by Gasteiger charge is -2.07. The summed E-state index contributed by atoms with van der Waals surface area (Å²) in [5.74, 6) is -0.670. The number of carbonyl (C=O) groups is 1. The van der Waals surface area contributed by atoms with Gasteiger partial charge in [0.25, 0.3) is 15.9 Å². The molecular weight excluding hydrogens is 413 g/mol. The van der Waals surface area contributed by atoms with E-state index < -0.39 is 15.9 Å². The van der Waals surface area contributed by atoms with Gasteiger partial charge in [0.15, 0.2) is 0 Å². The summed E-state index contributed by atoms with van der Waals surface area (Å²) >= 11 is 7.79. The third-order valence-corrected chi connectivity index (χ3v) is 4.78. The quantitative estimate of drug-likeness (QED) is 0.775. The third kappa shape index (κ3) is 3.71. The number of hydrogen-bond donors (Lipinski definition) is 1. The van der Waals surface area contributed by atoms with Crippen LogP contribution in [0.15, 0.2) is 53.4 Å². The van der Waals surface area contributed by atoms with E-state index in [1.165, 1.54) is 24.3 Å². The molecule has 1 amide bonds. The maximum Gasteiger partial charge on any atom is 0.264 e. The second kappa shape index (κ2) is 6.11. The summed E-state index contributed by atoms with van der Waals surface area (Å²) in [6.45, 7) is 0. The average Bonchev–Trinajstić information content (AvgIpc) is 2.39. The predicted molar refractivity (Wildman–Crippen MR) is 85.3 cm³/mol. The van der Waals surface area contributed by atoms with E-state index in [0.29, 0.717) is 5.02 Å². The minimum absolute atomic E-state index is 0.0132. The Morgan fingerprint density at radius 1 is 1.00 bits per heavy atom. The number of halogens is 2. The predicted octanol–water partition coefficient (Wildman–Crippen LogP) is 3.06. The van der Waals surface area contributed by atoms with Crippen LogP contribution in [-0.2, 0) is 10.0 Å². The highest BCUT2D eigenvalue weighted by Gasteiger charge is 2.18. The molecule has 1 N–H and O–H groups in total. The molecule has 0 unspecified atom stereocenters. The van der Waals surface area contributed by atoms with Crippen LogP contribution in [0.1, 0.15) is 10.4 Å². The fraction of sp³-hybridized carbons (Fsp3) is 0. The Hall–Kier alpha value is -1.12. The first kappa shape index (κ1) is 15.3. The first-order chi connectivity index (χ1) is 9.38. The molecule has 0 radical (unpaired) electrons. The first-order valence-electron chi connectivity index (χ1n) is 5.47. The Bertz CT molecular complexity index is 727. The van der Waals surface area contributed by atoms with E-state index >= 15 is 0 Å². The Balaban J connectivity index is 2.22. The van der Waals surface area contributed by atoms with E-state index in [1.54, 1.807) is 24.3 Å². The zero-order chi connectivity index (χ0) is 14.8. The maximum atomic E-state index is 12.0. The van der Waals surface area contributed by atoms with E-state index in [9.17, 15) is 13.2 Å². The second-order valence-corrected chi connectivity index (χ2v) is 7.26. The molecule has 2 aromatic rings. The van der Waals surface area contributed by atoms with Gasteiger partial charge in [0.05, 0.1) is 4.90 Å². The monoisotopic (exact) mass is 421 g/mol. The normalized spacial score (nSPS) is 11.1. The summed E-state index contributed by atoms with van der Waals surface area (Å²) in [6, 6.07) is 12.2. The van der Waals surface area contributed by atoms with E-state index in [0.717, 1.165) is 3.57 Å². The molecule has 0 atom stereocenters. The zero-order valence-electron chi connectivity index (χ0n) is 10.0. The van der Waals surface area contributed by atoms with E-state index in [-0.39, 0.29) is 10.5 Å². The number of benzene rings is 2. The van der Waals surface area contributed by atoms with Crippen molar-refractivity contribution in [3.05, 3.63) is 62.7 Å². The Morgan fingerprint density at radius 2 is 1.55 bits per heavy atom. The Morgan fingerprint density at radius 3 is 2.10 bits per heavy atom. The lowest BCUT2D eigenvalue weighted by Crippen LogP contribution is -2.30. The highest BCUT2D eigenvalue weighted by atomic mass is 127. The molecule has 0 fully saturated rings. The van der Waals surface area contributed by atoms with Crippen molar-refractivity contribution in [1.82, 2.24) is 4.72 Å². The van der Waals surface area contributed by atoms with Crippen LogP contribution in [0.4, 0.5) is 0 Å². The standard InChI is InChI=1S/C13H9ClINO3S/c14-10-3-7-12(8-4-10)20(18,19)16-13(17)9-1-5-11(15)6-2-9/h1-8H,(H,16,17). The van der Waals surface area contributed by atoms with Crippen LogP contribution in [0.25, 0.3) is 0 Å². The molecule has 0 bridgehead atoms. The third-order valence-electron chi connectivity index (χ3n) is 2.46. The van der Waals surface area contributed by atoms with Gasteiger partial charge in [0.1, 0.15) is 0 Å². The van der Waals surface area contributed by atoms with E-state index in [4.69, 9.17) is 11.6 Å². The molecule has 104 valence electrons. The summed E-state index contributed by atoms with van der Waals surface area (Å²) in [5.41, 5.74) is 0.281. The minimum Gasteiger partial charge on any atom is -0.268 e. The largest absolute Gasteiger partial charge is 0.268 e. The van der Waals surface area contributed by atoms with Crippen LogP contribution in [0.5, 0.6) is 0 Å². The van der Waals surface area contributed by atoms with Crippen molar-refractivity contribution < 1.29 is 13.2 Å². The molecular formula is C13H9ClINO3S. The fourth-order valence-electron chi connectivity index (χ4n) is 1.45. The van der Waals surface area contributed by atoms with Crippen molar-refractivity contribution >= 4 is 50.1 Å². The van der Waals surface area contributed by atoms with Crippen molar-refractivity contribution in [1.29, 1.82) is 0 Å². The molecule has 0 heterocycles. The van der Waals surface area contributed by atoms with Gasteiger partial charge in [-0.1, -0.05) is 11.6 Å². The second-order valence-electron chi connectivity index (χ2n) is 3.90. The molecule has 7 heteroatoms. The van der Waals surface area contributed by atoms with Crippen molar-refractivity contribution in [3.63, 3.8) is 0 Å². The SMILES string of the molecule is O=C(NS(=O)(=O)c1ccc(Cl)cc1)c1ccc(I)cc1. The molecule has 0 aliphatic heterocycles. The fourth-order valence-corrected chi connectivity index (χ4v) is 2.91. The Kier molecular flexibility index (Phi) is 4.66. The topological polar surface area (TPSA) is 63.2 Å². The zero-order valence-corrected chi connectivity index (χ0v) is 13.7. The number of carbonyl (C=O) groups excluding carboxylic acids is 1. The van der Waals surface area contributed by atoms with Gasteiger partial charge in [-0.3, -0.25) is 4.79 Å². The molecule has 0 spiro atoms. The first-order valence-corrected chi connectivity index (χ1v) is 8.41. The summed E-state index contributed by atoms with van der Waals surface area (Å²) in [7, 11) is -3.89. The van der Waals surface area contributed by atoms with Crippen LogP contribution in [0, 0.1) is 3.57 Å². The van der Waals surface area contributed by atoms with Crippen molar-refractivity contribution in [2.45, 2.75) is 4.90 Å². The number of rotatable bonds is 3. The smallest absolute Gasteiger partial charge is 0.264 e. The minimum atomic E-state index is -3.89. The molecule has 2 rings (SSSR count). The van der Waals surface area contributed by atoms with Gasteiger partial charge >= 0.3 is 0 Å². The Labute approximate surface area is 135 Å². The lowest BCUT2D eigenvalue weighted by molar-refractivity contribution is 0.0981. The van der Waals surface area contributed by atoms with Gasteiger partial charge in [-0.15, -0.1) is 0 Å². The van der Waals surface area contributed by atoms with Crippen molar-refractivity contribution in [3.8, 4) is 0 Å². The molecule has 0 aromatic heterocycles. The summed E-state index contributed by atoms with van der Waals surface area (Å²) in [6.07, 6.45) is 0. The summed E-state index contributed by atoms with van der Waals surface area (Å²) < 4.78 is 27.0. The number of nitrogens with one attached hydrogen (secondary N) is 1. The molecule has 0 aliphatic carbocycles. The highest BCUT2D eigenvalue weighted by Crippen LogP contribution is 2.14. The van der Waals surface area contributed by atoms with Gasteiger partial charge in [0.2, 0.25) is 0 Å². The van der Waals surface area contributed by atoms with E-state index in [1.807, 2.05) is 4.72 Å². The van der Waals surface area contributed by atoms with Gasteiger partial charge < -0.3 is 0 Å². The van der Waals surface area contributed by atoms with Crippen molar-refractivity contribution in [2.75, 3.05) is 0 Å². The molecule has 0 saturated carbocycles. The number of sulfonamides is 1. The van der Waals surface area contributed by atoms with Gasteiger partial charge in [0, 0.05) is 14.2 Å². The van der Waals surface area contributed by atoms with Crippen LogP contribution in [0.2, 0.25) is 5.02 Å². The average molecular weight is 422 g/mol. The maximum absolute atomic E-state index is 12.0. The van der Waals surface area contributed by atoms with Gasteiger partial charge in [-0.2, -0.15) is 0 Å². The van der Waals surface area contributed by atoms with Crippen molar-refractivity contribution in [2.24, 2.45) is 0 Å². The van der Waals surface area contributed by atoms with Crippen LogP contribution in [-0.4, -0.2) is 14.3 Å². The molecule has 0 saturated heterocycles. The molecule has 4 nitrogen and oxygen atoms in total. The summed E-state index contributed by atoms with van der Waals surface area (Å²) in [5, 5.41) is 0.424. The number of hydrogen-bond acceptors (Lipinski definition) is 3.